The number of benzene rings is 3. The Balaban J connectivity index is 1.98. The molecule has 1 aliphatic heterocycles. The summed E-state index contributed by atoms with van der Waals surface area (Å²) in [6.45, 7) is 0. The van der Waals surface area contributed by atoms with Crippen LogP contribution in [0.15, 0.2) is 78.4 Å². The largest absolute Gasteiger partial charge is 0.507 e. The maximum Gasteiger partial charge on any atom is 0.300 e. The first-order valence-electron chi connectivity index (χ1n) is 8.96. The van der Waals surface area contributed by atoms with Gasteiger partial charge in [-0.15, -0.1) is 0 Å². The molecule has 0 aliphatic carbocycles. The van der Waals surface area contributed by atoms with Crippen LogP contribution < -0.4 is 4.90 Å². The third-order valence-corrected chi connectivity index (χ3v) is 5.41. The Bertz CT molecular complexity index is 1180. The van der Waals surface area contributed by atoms with Gasteiger partial charge in [-0.2, -0.15) is 0 Å². The van der Waals surface area contributed by atoms with Crippen LogP contribution in [0.5, 0.6) is 0 Å². The van der Waals surface area contributed by atoms with Crippen LogP contribution in [0.2, 0.25) is 10.0 Å². The number of halogens is 3. The lowest BCUT2D eigenvalue weighted by atomic mass is 9.95. The topological polar surface area (TPSA) is 57.6 Å². The van der Waals surface area contributed by atoms with E-state index in [0.29, 0.717) is 16.1 Å². The van der Waals surface area contributed by atoms with E-state index in [-0.39, 0.29) is 22.0 Å². The Kier molecular flexibility index (Phi) is 5.33. The molecule has 1 N–H and O–H groups in total. The highest BCUT2D eigenvalue weighted by Gasteiger charge is 2.47. The maximum absolute atomic E-state index is 14.8. The average Bonchev–Trinajstić information content (AvgIpc) is 3.01. The summed E-state index contributed by atoms with van der Waals surface area (Å²) in [6.07, 6.45) is 0. The lowest BCUT2D eigenvalue weighted by Gasteiger charge is -2.26. The maximum atomic E-state index is 14.8. The summed E-state index contributed by atoms with van der Waals surface area (Å²) in [6, 6.07) is 17.9. The number of rotatable bonds is 3. The Morgan fingerprint density at radius 1 is 0.900 bits per heavy atom. The van der Waals surface area contributed by atoms with E-state index >= 15 is 0 Å². The minimum atomic E-state index is -1.06. The summed E-state index contributed by atoms with van der Waals surface area (Å²) in [5, 5.41) is 11.2. The van der Waals surface area contributed by atoms with Crippen LogP contribution in [-0.4, -0.2) is 16.8 Å². The van der Waals surface area contributed by atoms with Crippen molar-refractivity contribution in [1.82, 2.24) is 0 Å². The van der Waals surface area contributed by atoms with Crippen molar-refractivity contribution in [3.8, 4) is 0 Å². The van der Waals surface area contributed by atoms with Gasteiger partial charge in [-0.05, 0) is 29.8 Å². The zero-order valence-electron chi connectivity index (χ0n) is 15.4. The lowest BCUT2D eigenvalue weighted by molar-refractivity contribution is -0.132. The second-order valence-electron chi connectivity index (χ2n) is 6.66. The van der Waals surface area contributed by atoms with Gasteiger partial charge in [-0.25, -0.2) is 4.39 Å². The third kappa shape index (κ3) is 3.36. The Morgan fingerprint density at radius 2 is 1.57 bits per heavy atom. The fraction of sp³-hybridized carbons (Fsp3) is 0.0435. The Morgan fingerprint density at radius 3 is 2.23 bits per heavy atom. The van der Waals surface area contributed by atoms with E-state index in [1.54, 1.807) is 54.6 Å². The molecule has 0 radical (unpaired) electrons. The molecule has 0 aromatic heterocycles. The minimum Gasteiger partial charge on any atom is -0.507 e. The zero-order chi connectivity index (χ0) is 21.4. The molecule has 0 bridgehead atoms. The third-order valence-electron chi connectivity index (χ3n) is 4.87. The van der Waals surface area contributed by atoms with Crippen molar-refractivity contribution in [1.29, 1.82) is 0 Å². The molecule has 0 saturated carbocycles. The van der Waals surface area contributed by atoms with E-state index in [4.69, 9.17) is 23.2 Å². The second-order valence-corrected chi connectivity index (χ2v) is 7.50. The summed E-state index contributed by atoms with van der Waals surface area (Å²) >= 11 is 11.9. The number of hydrogen-bond acceptors (Lipinski definition) is 3. The number of amides is 1. The number of aliphatic hydroxyl groups is 1. The second kappa shape index (κ2) is 7.94. The number of carbonyl (C=O) groups is 2. The van der Waals surface area contributed by atoms with Crippen LogP contribution in [0.4, 0.5) is 10.1 Å². The van der Waals surface area contributed by atoms with Gasteiger partial charge in [0.05, 0.1) is 22.3 Å². The molecule has 30 heavy (non-hydrogen) atoms. The van der Waals surface area contributed by atoms with E-state index in [9.17, 15) is 19.1 Å². The molecule has 3 aromatic rings. The summed E-state index contributed by atoms with van der Waals surface area (Å²) in [7, 11) is 0. The molecule has 0 spiro atoms. The summed E-state index contributed by atoms with van der Waals surface area (Å²) in [5.41, 5.74) is 0.543. The molecule has 1 saturated heterocycles. The van der Waals surface area contributed by atoms with Crippen LogP contribution in [-0.2, 0) is 9.59 Å². The smallest absolute Gasteiger partial charge is 0.300 e. The number of nitrogens with zero attached hydrogens (tertiary/aromatic N) is 1. The normalized spacial score (nSPS) is 18.1. The molecule has 150 valence electrons. The molecule has 1 aliphatic rings. The molecule has 1 heterocycles. The van der Waals surface area contributed by atoms with Gasteiger partial charge in [0.1, 0.15) is 5.76 Å². The van der Waals surface area contributed by atoms with Gasteiger partial charge in [-0.1, -0.05) is 71.7 Å². The van der Waals surface area contributed by atoms with Crippen molar-refractivity contribution in [2.75, 3.05) is 4.90 Å². The van der Waals surface area contributed by atoms with Crippen LogP contribution in [0.3, 0.4) is 0 Å². The minimum absolute atomic E-state index is 0.145. The van der Waals surface area contributed by atoms with E-state index in [2.05, 4.69) is 0 Å². The average molecular weight is 442 g/mol. The quantitative estimate of drug-likeness (QED) is 0.319. The summed E-state index contributed by atoms with van der Waals surface area (Å²) in [5.74, 6) is -3.07. The van der Waals surface area contributed by atoms with Gasteiger partial charge in [0.2, 0.25) is 0 Å². The number of ketones is 1. The fourth-order valence-electron chi connectivity index (χ4n) is 3.47. The van der Waals surface area contributed by atoms with Gasteiger partial charge in [0.25, 0.3) is 11.7 Å². The molecule has 3 aromatic carbocycles. The molecular formula is C23H14Cl2FNO3. The van der Waals surface area contributed by atoms with Crippen molar-refractivity contribution < 1.29 is 19.1 Å². The van der Waals surface area contributed by atoms with E-state index < -0.39 is 23.5 Å². The first-order chi connectivity index (χ1) is 14.4. The highest BCUT2D eigenvalue weighted by Crippen LogP contribution is 2.43. The Hall–Kier alpha value is -3.15. The van der Waals surface area contributed by atoms with Crippen molar-refractivity contribution >= 4 is 46.3 Å². The van der Waals surface area contributed by atoms with Gasteiger partial charge >= 0.3 is 0 Å². The molecular weight excluding hydrogens is 428 g/mol. The zero-order valence-corrected chi connectivity index (χ0v) is 16.9. The first kappa shape index (κ1) is 20.1. The van der Waals surface area contributed by atoms with E-state index in [1.165, 1.54) is 18.2 Å². The SMILES string of the molecule is O=C1C(=O)N(c2cccc(Cl)c2F)C(c2ccc(Cl)cc2)C1=C(O)c1ccccc1. The fourth-order valence-corrected chi connectivity index (χ4v) is 3.77. The highest BCUT2D eigenvalue weighted by molar-refractivity contribution is 6.52. The van der Waals surface area contributed by atoms with Gasteiger partial charge in [0, 0.05) is 10.6 Å². The van der Waals surface area contributed by atoms with Crippen LogP contribution in [0.25, 0.3) is 5.76 Å². The van der Waals surface area contributed by atoms with E-state index in [1.807, 2.05) is 0 Å². The molecule has 7 heteroatoms. The first-order valence-corrected chi connectivity index (χ1v) is 9.71. The molecule has 4 nitrogen and oxygen atoms in total. The predicted molar refractivity (Wildman–Crippen MR) is 114 cm³/mol. The molecule has 4 rings (SSSR count). The van der Waals surface area contributed by atoms with Gasteiger partial charge in [0.15, 0.2) is 5.82 Å². The van der Waals surface area contributed by atoms with Crippen molar-refractivity contribution in [2.24, 2.45) is 0 Å². The van der Waals surface area contributed by atoms with Crippen LogP contribution in [0, 0.1) is 5.82 Å². The standard InChI is InChI=1S/C23H14Cl2FNO3/c24-15-11-9-13(10-12-15)20-18(21(28)14-5-2-1-3-6-14)22(29)23(30)27(20)17-8-4-7-16(25)19(17)26/h1-12,20,28H. The van der Waals surface area contributed by atoms with Gasteiger partial charge < -0.3 is 5.11 Å². The van der Waals surface area contributed by atoms with Crippen molar-refractivity contribution in [2.45, 2.75) is 6.04 Å². The number of hydrogen-bond donors (Lipinski definition) is 1. The number of Topliss-reactive ketones (excluding diaryl/α,β-unsaturated/α-hetero) is 1. The Labute approximate surface area is 181 Å². The molecule has 1 fully saturated rings. The monoisotopic (exact) mass is 441 g/mol. The van der Waals surface area contributed by atoms with Gasteiger partial charge in [-0.3, -0.25) is 14.5 Å². The molecule has 1 unspecified atom stereocenters. The molecule has 1 atom stereocenters. The van der Waals surface area contributed by atoms with Crippen LogP contribution in [0.1, 0.15) is 17.2 Å². The van der Waals surface area contributed by atoms with Crippen molar-refractivity contribution in [3.63, 3.8) is 0 Å². The summed E-state index contributed by atoms with van der Waals surface area (Å²) < 4.78 is 14.8. The number of carbonyl (C=O) groups excluding carboxylic acids is 2. The summed E-state index contributed by atoms with van der Waals surface area (Å²) in [4.78, 5) is 26.9. The predicted octanol–water partition coefficient (Wildman–Crippen LogP) is 5.76. The van der Waals surface area contributed by atoms with Crippen molar-refractivity contribution in [3.05, 3.63) is 105 Å². The number of aliphatic hydroxyl groups excluding tert-OH is 1. The molecule has 1 amide bonds. The highest BCUT2D eigenvalue weighted by atomic mass is 35.5. The van der Waals surface area contributed by atoms with Crippen LogP contribution >= 0.6 is 23.2 Å². The van der Waals surface area contributed by atoms with E-state index in [0.717, 1.165) is 4.90 Å². The number of anilines is 1. The lowest BCUT2D eigenvalue weighted by Crippen LogP contribution is -2.30.